The lowest BCUT2D eigenvalue weighted by molar-refractivity contribution is -0.536. The minimum absolute atomic E-state index is 0.270. The number of rotatable bonds is 5. The van der Waals surface area contributed by atoms with Crippen LogP contribution in [0.1, 0.15) is 25.0 Å². The Kier molecular flexibility index (Phi) is 4.25. The number of para-hydroxylation sites is 1. The summed E-state index contributed by atoms with van der Waals surface area (Å²) in [6.07, 6.45) is -0.872. The van der Waals surface area contributed by atoms with Crippen molar-refractivity contribution in [3.05, 3.63) is 39.9 Å². The van der Waals surface area contributed by atoms with Crippen molar-refractivity contribution in [3.8, 4) is 5.75 Å². The molecule has 0 bridgehead atoms. The first-order valence-electron chi connectivity index (χ1n) is 5.06. The lowest BCUT2D eigenvalue weighted by atomic mass is 10.00. The fourth-order valence-electron chi connectivity index (χ4n) is 1.61. The molecule has 2 atom stereocenters. The average Bonchev–Trinajstić information content (AvgIpc) is 2.29. The van der Waals surface area contributed by atoms with Crippen LogP contribution in [0.3, 0.4) is 0 Å². The van der Waals surface area contributed by atoms with Gasteiger partial charge in [0.1, 0.15) is 11.9 Å². The number of hydrogen-bond acceptors (Lipinski definition) is 4. The van der Waals surface area contributed by atoms with E-state index in [1.54, 1.807) is 31.2 Å². The number of aliphatic hydroxyl groups excluding tert-OH is 1. The Balaban J connectivity index is 3.02. The zero-order chi connectivity index (χ0) is 12.1. The summed E-state index contributed by atoms with van der Waals surface area (Å²) in [6, 6.07) is 5.77. The van der Waals surface area contributed by atoms with Crippen LogP contribution < -0.4 is 4.74 Å². The normalized spacial score (nSPS) is 14.2. The highest BCUT2D eigenvalue weighted by Crippen LogP contribution is 2.28. The molecule has 88 valence electrons. The molecule has 1 aromatic carbocycles. The summed E-state index contributed by atoms with van der Waals surface area (Å²) in [4.78, 5) is 10.3. The van der Waals surface area contributed by atoms with Crippen molar-refractivity contribution in [1.82, 2.24) is 0 Å². The minimum atomic E-state index is -1.14. The fourth-order valence-corrected chi connectivity index (χ4v) is 1.61. The van der Waals surface area contributed by atoms with Crippen LogP contribution in [0.15, 0.2) is 24.3 Å². The van der Waals surface area contributed by atoms with Crippen LogP contribution in [0.2, 0.25) is 0 Å². The van der Waals surface area contributed by atoms with Gasteiger partial charge in [-0.25, -0.2) is 0 Å². The zero-order valence-electron chi connectivity index (χ0n) is 9.29. The molecular weight excluding hydrogens is 210 g/mol. The number of methoxy groups -OCH3 is 1. The molecule has 0 spiro atoms. The van der Waals surface area contributed by atoms with Gasteiger partial charge in [0.15, 0.2) is 0 Å². The molecule has 0 radical (unpaired) electrons. The van der Waals surface area contributed by atoms with Gasteiger partial charge in [-0.2, -0.15) is 0 Å². The zero-order valence-corrected chi connectivity index (χ0v) is 9.29. The molecule has 0 aliphatic carbocycles. The van der Waals surface area contributed by atoms with E-state index >= 15 is 0 Å². The summed E-state index contributed by atoms with van der Waals surface area (Å²) in [7, 11) is 1.47. The molecule has 0 aromatic heterocycles. The van der Waals surface area contributed by atoms with Crippen molar-refractivity contribution in [2.24, 2.45) is 0 Å². The number of aliphatic hydroxyl groups is 1. The molecule has 0 aliphatic heterocycles. The second kappa shape index (κ2) is 5.46. The van der Waals surface area contributed by atoms with E-state index in [2.05, 4.69) is 0 Å². The van der Waals surface area contributed by atoms with Crippen LogP contribution in [0.25, 0.3) is 0 Å². The molecule has 5 nitrogen and oxygen atoms in total. The summed E-state index contributed by atoms with van der Waals surface area (Å²) in [5.74, 6) is 0.468. The first kappa shape index (κ1) is 12.4. The van der Waals surface area contributed by atoms with Gasteiger partial charge in [-0.05, 0) is 6.07 Å². The molecule has 0 heterocycles. The highest BCUT2D eigenvalue weighted by atomic mass is 16.6. The van der Waals surface area contributed by atoms with Gasteiger partial charge in [-0.1, -0.05) is 25.1 Å². The molecule has 0 saturated carbocycles. The van der Waals surface area contributed by atoms with E-state index < -0.39 is 17.1 Å². The van der Waals surface area contributed by atoms with E-state index in [0.29, 0.717) is 11.3 Å². The van der Waals surface area contributed by atoms with Gasteiger partial charge in [0, 0.05) is 16.9 Å². The Bertz CT molecular complexity index is 367. The predicted molar refractivity (Wildman–Crippen MR) is 59.0 cm³/mol. The van der Waals surface area contributed by atoms with Crippen LogP contribution in [0.4, 0.5) is 0 Å². The summed E-state index contributed by atoms with van der Waals surface area (Å²) in [6.45, 7) is 1.67. The number of ether oxygens (including phenoxy) is 1. The third kappa shape index (κ3) is 2.49. The third-order valence-electron chi connectivity index (χ3n) is 2.51. The second-order valence-electron chi connectivity index (χ2n) is 3.45. The van der Waals surface area contributed by atoms with Crippen molar-refractivity contribution in [2.45, 2.75) is 25.5 Å². The van der Waals surface area contributed by atoms with E-state index in [9.17, 15) is 15.2 Å². The van der Waals surface area contributed by atoms with Gasteiger partial charge in [-0.15, -0.1) is 0 Å². The Hall–Kier alpha value is -1.62. The van der Waals surface area contributed by atoms with Gasteiger partial charge in [0.2, 0.25) is 6.04 Å². The van der Waals surface area contributed by atoms with Crippen LogP contribution in [-0.4, -0.2) is 23.2 Å². The first-order chi connectivity index (χ1) is 7.61. The molecular formula is C11H15NO4. The molecule has 16 heavy (non-hydrogen) atoms. The molecule has 0 saturated heterocycles. The summed E-state index contributed by atoms with van der Waals surface area (Å²) in [5, 5.41) is 20.7. The third-order valence-corrected chi connectivity index (χ3v) is 2.51. The van der Waals surface area contributed by atoms with Crippen molar-refractivity contribution < 1.29 is 14.8 Å². The lowest BCUT2D eigenvalue weighted by Crippen LogP contribution is -2.27. The molecule has 1 aromatic rings. The van der Waals surface area contributed by atoms with Crippen molar-refractivity contribution in [2.75, 3.05) is 7.11 Å². The van der Waals surface area contributed by atoms with E-state index in [-0.39, 0.29) is 6.42 Å². The van der Waals surface area contributed by atoms with Gasteiger partial charge in [0.25, 0.3) is 0 Å². The molecule has 0 aliphatic rings. The maximum atomic E-state index is 10.7. The topological polar surface area (TPSA) is 72.6 Å². The molecule has 5 heteroatoms. The molecule has 0 fully saturated rings. The largest absolute Gasteiger partial charge is 0.496 e. The smallest absolute Gasteiger partial charge is 0.242 e. The fraction of sp³-hybridized carbons (Fsp3) is 0.455. The van der Waals surface area contributed by atoms with E-state index in [1.165, 1.54) is 7.11 Å². The Morgan fingerprint density at radius 1 is 1.50 bits per heavy atom. The quantitative estimate of drug-likeness (QED) is 0.612. The van der Waals surface area contributed by atoms with E-state index in [0.717, 1.165) is 0 Å². The predicted octanol–water partition coefficient (Wildman–Crippen LogP) is 1.78. The van der Waals surface area contributed by atoms with Crippen molar-refractivity contribution >= 4 is 0 Å². The highest BCUT2D eigenvalue weighted by Gasteiger charge is 2.30. The summed E-state index contributed by atoms with van der Waals surface area (Å²) in [5.41, 5.74) is 0.452. The maximum absolute atomic E-state index is 10.7. The molecule has 0 unspecified atom stereocenters. The Morgan fingerprint density at radius 2 is 2.12 bits per heavy atom. The maximum Gasteiger partial charge on any atom is 0.242 e. The number of nitro groups is 1. The van der Waals surface area contributed by atoms with E-state index in [4.69, 9.17) is 4.74 Å². The van der Waals surface area contributed by atoms with Gasteiger partial charge in [0.05, 0.1) is 7.11 Å². The molecule has 0 amide bonds. The highest BCUT2D eigenvalue weighted by molar-refractivity contribution is 5.35. The second-order valence-corrected chi connectivity index (χ2v) is 3.45. The number of nitrogens with zero attached hydrogens (tertiary/aromatic N) is 1. The average molecular weight is 225 g/mol. The molecule has 1 N–H and O–H groups in total. The SMILES string of the molecule is CC[C@H]([C@@H](O)c1ccccc1OC)[N+](=O)[O-]. The van der Waals surface area contributed by atoms with Crippen molar-refractivity contribution in [3.63, 3.8) is 0 Å². The van der Waals surface area contributed by atoms with Gasteiger partial charge >= 0.3 is 0 Å². The number of benzene rings is 1. The minimum Gasteiger partial charge on any atom is -0.496 e. The standard InChI is InChI=1S/C11H15NO4/c1-3-9(12(14)15)11(13)8-6-4-5-7-10(8)16-2/h4-7,9,11,13H,3H2,1-2H3/t9-,11+/m1/s1. The van der Waals surface area contributed by atoms with Crippen molar-refractivity contribution in [1.29, 1.82) is 0 Å². The van der Waals surface area contributed by atoms with Crippen LogP contribution in [-0.2, 0) is 0 Å². The Morgan fingerprint density at radius 3 is 2.62 bits per heavy atom. The van der Waals surface area contributed by atoms with Crippen LogP contribution in [0.5, 0.6) is 5.75 Å². The first-order valence-corrected chi connectivity index (χ1v) is 5.06. The summed E-state index contributed by atoms with van der Waals surface area (Å²) >= 11 is 0. The van der Waals surface area contributed by atoms with Gasteiger partial charge in [-0.3, -0.25) is 10.1 Å². The number of hydrogen-bond donors (Lipinski definition) is 1. The monoisotopic (exact) mass is 225 g/mol. The van der Waals surface area contributed by atoms with E-state index in [1.807, 2.05) is 0 Å². The van der Waals surface area contributed by atoms with Crippen LogP contribution >= 0.6 is 0 Å². The summed E-state index contributed by atoms with van der Waals surface area (Å²) < 4.78 is 5.06. The molecule has 1 rings (SSSR count). The Labute approximate surface area is 93.8 Å². The lowest BCUT2D eigenvalue weighted by Gasteiger charge is -2.17. The van der Waals surface area contributed by atoms with Gasteiger partial charge < -0.3 is 9.84 Å². The van der Waals surface area contributed by atoms with Crippen LogP contribution in [0, 0.1) is 10.1 Å².